The van der Waals surface area contributed by atoms with Crippen LogP contribution in [0.2, 0.25) is 5.02 Å². The fourth-order valence-electron chi connectivity index (χ4n) is 2.95. The molecule has 150 valence electrons. The Labute approximate surface area is 170 Å². The molecule has 29 heavy (non-hydrogen) atoms. The molecule has 2 aromatic rings. The van der Waals surface area contributed by atoms with Gasteiger partial charge in [0, 0.05) is 12.1 Å². The first-order valence-electron chi connectivity index (χ1n) is 8.47. The second-order valence-corrected chi connectivity index (χ2v) is 7.16. The number of esters is 1. The first kappa shape index (κ1) is 20.3. The predicted molar refractivity (Wildman–Crippen MR) is 105 cm³/mol. The fraction of sp³-hybridized carbons (Fsp3) is 0.211. The van der Waals surface area contributed by atoms with E-state index in [1.54, 1.807) is 38.1 Å². The van der Waals surface area contributed by atoms with Gasteiger partial charge in [0.25, 0.3) is 11.6 Å². The van der Waals surface area contributed by atoms with Crippen LogP contribution in [0.5, 0.6) is 0 Å². The molecule has 1 N–H and O–H groups in total. The average Bonchev–Trinajstić information content (AvgIpc) is 2.66. The molecule has 0 saturated heterocycles. The molecule has 2 amide bonds. The van der Waals surface area contributed by atoms with E-state index in [9.17, 15) is 24.5 Å². The summed E-state index contributed by atoms with van der Waals surface area (Å²) in [7, 11) is 0. The van der Waals surface area contributed by atoms with E-state index < -0.39 is 34.9 Å². The molecule has 3 rings (SSSR count). The van der Waals surface area contributed by atoms with Crippen molar-refractivity contribution in [3.63, 3.8) is 0 Å². The van der Waals surface area contributed by atoms with Gasteiger partial charge in [-0.2, -0.15) is 0 Å². The fourth-order valence-corrected chi connectivity index (χ4v) is 3.15. The molecular formula is C19H16ClN3O6. The van der Waals surface area contributed by atoms with Gasteiger partial charge in [0.05, 0.1) is 26.9 Å². The summed E-state index contributed by atoms with van der Waals surface area (Å²) in [6, 6.07) is 10.1. The van der Waals surface area contributed by atoms with Crippen LogP contribution in [0.25, 0.3) is 0 Å². The van der Waals surface area contributed by atoms with Crippen LogP contribution in [0.15, 0.2) is 42.5 Å². The van der Waals surface area contributed by atoms with E-state index >= 15 is 0 Å². The standard InChI is InChI=1S/C19H16ClN3O6/c1-19(2)18(26)21-14-5-3-4-6-15(14)22(19)16(24)10-29-17(25)12-9-11(23(27)28)7-8-13(12)20/h3-9H,10H2,1-2H3,(H,21,26). The SMILES string of the molecule is CC1(C)C(=O)Nc2ccccc2N1C(=O)COC(=O)c1cc([N+](=O)[O-])ccc1Cl. The maximum atomic E-state index is 12.8. The second kappa shape index (κ2) is 7.51. The van der Waals surface area contributed by atoms with Crippen LogP contribution in [-0.4, -0.2) is 34.9 Å². The number of nitro benzene ring substituents is 1. The van der Waals surface area contributed by atoms with Crippen molar-refractivity contribution in [1.82, 2.24) is 0 Å². The van der Waals surface area contributed by atoms with Crippen LogP contribution in [0.1, 0.15) is 24.2 Å². The van der Waals surface area contributed by atoms with Crippen molar-refractivity contribution in [2.75, 3.05) is 16.8 Å². The second-order valence-electron chi connectivity index (χ2n) is 6.76. The van der Waals surface area contributed by atoms with Crippen LogP contribution in [0.4, 0.5) is 17.1 Å². The molecule has 0 atom stereocenters. The normalized spacial score (nSPS) is 14.6. The molecule has 1 heterocycles. The highest BCUT2D eigenvalue weighted by Gasteiger charge is 2.43. The highest BCUT2D eigenvalue weighted by Crippen LogP contribution is 2.36. The van der Waals surface area contributed by atoms with Crippen LogP contribution < -0.4 is 10.2 Å². The molecule has 0 radical (unpaired) electrons. The number of para-hydroxylation sites is 2. The van der Waals surface area contributed by atoms with E-state index in [0.717, 1.165) is 12.1 Å². The summed E-state index contributed by atoms with van der Waals surface area (Å²) in [6.07, 6.45) is 0. The number of carbonyl (C=O) groups excluding carboxylic acids is 3. The summed E-state index contributed by atoms with van der Waals surface area (Å²) < 4.78 is 5.03. The molecular weight excluding hydrogens is 402 g/mol. The van der Waals surface area contributed by atoms with Gasteiger partial charge in [-0.05, 0) is 32.0 Å². The number of anilines is 2. The summed E-state index contributed by atoms with van der Waals surface area (Å²) in [5, 5.41) is 13.6. The van der Waals surface area contributed by atoms with Crippen molar-refractivity contribution in [3.8, 4) is 0 Å². The molecule has 10 heteroatoms. The number of carbonyl (C=O) groups is 3. The van der Waals surface area contributed by atoms with Crippen molar-refractivity contribution in [2.45, 2.75) is 19.4 Å². The molecule has 9 nitrogen and oxygen atoms in total. The van der Waals surface area contributed by atoms with Crippen molar-refractivity contribution in [2.24, 2.45) is 0 Å². The number of nitrogens with zero attached hydrogens (tertiary/aromatic N) is 2. The molecule has 0 aromatic heterocycles. The first-order valence-corrected chi connectivity index (χ1v) is 8.85. The lowest BCUT2D eigenvalue weighted by Crippen LogP contribution is -2.59. The maximum Gasteiger partial charge on any atom is 0.340 e. The van der Waals surface area contributed by atoms with Crippen molar-refractivity contribution in [1.29, 1.82) is 0 Å². The number of benzene rings is 2. The number of nitrogens with one attached hydrogen (secondary N) is 1. The number of nitro groups is 1. The smallest absolute Gasteiger partial charge is 0.340 e. The predicted octanol–water partition coefficient (Wildman–Crippen LogP) is 3.17. The monoisotopic (exact) mass is 417 g/mol. The summed E-state index contributed by atoms with van der Waals surface area (Å²) in [5.41, 5.74) is -0.869. The number of rotatable bonds is 4. The zero-order valence-electron chi connectivity index (χ0n) is 15.5. The first-order chi connectivity index (χ1) is 13.6. The minimum atomic E-state index is -1.22. The van der Waals surface area contributed by atoms with Gasteiger partial charge in [-0.1, -0.05) is 23.7 Å². The van der Waals surface area contributed by atoms with Gasteiger partial charge >= 0.3 is 5.97 Å². The molecule has 0 bridgehead atoms. The Morgan fingerprint density at radius 2 is 1.93 bits per heavy atom. The van der Waals surface area contributed by atoms with Gasteiger partial charge < -0.3 is 10.1 Å². The highest BCUT2D eigenvalue weighted by molar-refractivity contribution is 6.33. The molecule has 0 unspecified atom stereocenters. The lowest BCUT2D eigenvalue weighted by molar-refractivity contribution is -0.384. The number of hydrogen-bond acceptors (Lipinski definition) is 6. The molecule has 2 aromatic carbocycles. The highest BCUT2D eigenvalue weighted by atomic mass is 35.5. The van der Waals surface area contributed by atoms with Crippen LogP contribution in [-0.2, 0) is 14.3 Å². The Morgan fingerprint density at radius 1 is 1.24 bits per heavy atom. The van der Waals surface area contributed by atoms with Crippen LogP contribution in [0, 0.1) is 10.1 Å². The quantitative estimate of drug-likeness (QED) is 0.463. The van der Waals surface area contributed by atoms with E-state index in [2.05, 4.69) is 5.32 Å². The molecule has 0 aliphatic carbocycles. The minimum Gasteiger partial charge on any atom is -0.452 e. The average molecular weight is 418 g/mol. The zero-order chi connectivity index (χ0) is 21.3. The molecule has 0 saturated carbocycles. The molecule has 0 fully saturated rings. The van der Waals surface area contributed by atoms with Crippen LogP contribution >= 0.6 is 11.6 Å². The number of non-ortho nitro benzene ring substituents is 1. The molecule has 1 aliphatic rings. The topological polar surface area (TPSA) is 119 Å². The Kier molecular flexibility index (Phi) is 5.25. The maximum absolute atomic E-state index is 12.8. The van der Waals surface area contributed by atoms with E-state index in [4.69, 9.17) is 16.3 Å². The number of fused-ring (bicyclic) bond motifs is 1. The van der Waals surface area contributed by atoms with Gasteiger partial charge in [0.15, 0.2) is 6.61 Å². The third-order valence-corrected chi connectivity index (χ3v) is 4.79. The summed E-state index contributed by atoms with van der Waals surface area (Å²) in [4.78, 5) is 49.0. The van der Waals surface area contributed by atoms with Crippen molar-refractivity contribution in [3.05, 3.63) is 63.2 Å². The Bertz CT molecular complexity index is 1040. The van der Waals surface area contributed by atoms with Gasteiger partial charge in [-0.3, -0.25) is 24.6 Å². The Hall–Kier alpha value is -3.46. The summed E-state index contributed by atoms with van der Waals surface area (Å²) in [5.74, 6) is -2.01. The van der Waals surface area contributed by atoms with E-state index in [-0.39, 0.29) is 16.3 Å². The summed E-state index contributed by atoms with van der Waals surface area (Å²) in [6.45, 7) is 2.45. The van der Waals surface area contributed by atoms with E-state index in [1.165, 1.54) is 11.0 Å². The van der Waals surface area contributed by atoms with Gasteiger partial charge in [-0.15, -0.1) is 0 Å². The number of amides is 2. The van der Waals surface area contributed by atoms with Crippen LogP contribution in [0.3, 0.4) is 0 Å². The number of ether oxygens (including phenoxy) is 1. The lowest BCUT2D eigenvalue weighted by Gasteiger charge is -2.41. The Morgan fingerprint density at radius 3 is 2.62 bits per heavy atom. The van der Waals surface area contributed by atoms with E-state index in [1.807, 2.05) is 0 Å². The Balaban J connectivity index is 1.82. The van der Waals surface area contributed by atoms with Gasteiger partial charge in [0.2, 0.25) is 5.91 Å². The minimum absolute atomic E-state index is 0.0453. The van der Waals surface area contributed by atoms with Crippen molar-refractivity contribution >= 4 is 46.4 Å². The third kappa shape index (κ3) is 3.77. The van der Waals surface area contributed by atoms with Gasteiger partial charge in [-0.25, -0.2) is 4.79 Å². The molecule has 1 aliphatic heterocycles. The zero-order valence-corrected chi connectivity index (χ0v) is 16.2. The number of halogens is 1. The lowest BCUT2D eigenvalue weighted by atomic mass is 9.96. The van der Waals surface area contributed by atoms with Crippen molar-refractivity contribution < 1.29 is 24.0 Å². The largest absolute Gasteiger partial charge is 0.452 e. The van der Waals surface area contributed by atoms with E-state index in [0.29, 0.717) is 11.4 Å². The van der Waals surface area contributed by atoms with Gasteiger partial charge in [0.1, 0.15) is 5.54 Å². The molecule has 0 spiro atoms. The number of hydrogen-bond donors (Lipinski definition) is 1. The summed E-state index contributed by atoms with van der Waals surface area (Å²) >= 11 is 5.92. The third-order valence-electron chi connectivity index (χ3n) is 4.46.